The van der Waals surface area contributed by atoms with Crippen molar-refractivity contribution < 1.29 is 39.3 Å². The van der Waals surface area contributed by atoms with Crippen LogP contribution >= 0.6 is 11.8 Å². The van der Waals surface area contributed by atoms with E-state index in [0.29, 0.717) is 12.2 Å². The standard InChI is InChI=1S/C19H34N4O8S/c1-4-10(2)15(19(30)31)23-17(28)12(7-8-32-3)21-18(29)13(9-24)22-16(27)11(20)5-6-14(25)26/h10-13,15,24H,4-9,20H2,1-3H3,(H,21,29)(H,22,27)(H,23,28)(H,25,26)(H,30,31). The number of hydrogen-bond acceptors (Lipinski definition) is 8. The highest BCUT2D eigenvalue weighted by Gasteiger charge is 2.31. The predicted molar refractivity (Wildman–Crippen MR) is 118 cm³/mol. The zero-order valence-electron chi connectivity index (χ0n) is 18.5. The molecular weight excluding hydrogens is 444 g/mol. The Hall–Kier alpha value is -2.38. The summed E-state index contributed by atoms with van der Waals surface area (Å²) < 4.78 is 0. The molecule has 0 fully saturated rings. The maximum atomic E-state index is 12.7. The fourth-order valence-electron chi connectivity index (χ4n) is 2.60. The number of amides is 3. The molecule has 0 spiro atoms. The van der Waals surface area contributed by atoms with Gasteiger partial charge < -0.3 is 37.0 Å². The Morgan fingerprint density at radius 1 is 0.938 bits per heavy atom. The van der Waals surface area contributed by atoms with Crippen LogP contribution < -0.4 is 21.7 Å². The molecule has 0 rings (SSSR count). The Kier molecular flexibility index (Phi) is 14.3. The van der Waals surface area contributed by atoms with Crippen molar-refractivity contribution in [3.63, 3.8) is 0 Å². The second-order valence-corrected chi connectivity index (χ2v) is 8.32. The first kappa shape index (κ1) is 29.6. The molecule has 0 aliphatic rings. The van der Waals surface area contributed by atoms with E-state index in [1.165, 1.54) is 11.8 Å². The SMILES string of the molecule is CCC(C)C(NC(=O)C(CCSC)NC(=O)C(CO)NC(=O)C(N)CCC(=O)O)C(=O)O. The van der Waals surface area contributed by atoms with Crippen molar-refractivity contribution in [1.82, 2.24) is 16.0 Å². The molecule has 0 saturated heterocycles. The number of carboxylic acids is 2. The summed E-state index contributed by atoms with van der Waals surface area (Å²) in [5.41, 5.74) is 5.60. The van der Waals surface area contributed by atoms with Gasteiger partial charge in [0.15, 0.2) is 0 Å². The highest BCUT2D eigenvalue weighted by atomic mass is 32.2. The number of carboxylic acid groups (broad SMARTS) is 2. The molecule has 5 atom stereocenters. The number of aliphatic hydroxyl groups excluding tert-OH is 1. The molecule has 0 saturated carbocycles. The minimum Gasteiger partial charge on any atom is -0.481 e. The quantitative estimate of drug-likeness (QED) is 0.137. The van der Waals surface area contributed by atoms with Crippen LogP contribution in [0.15, 0.2) is 0 Å². The molecule has 5 unspecified atom stereocenters. The lowest BCUT2D eigenvalue weighted by atomic mass is 9.98. The van der Waals surface area contributed by atoms with Crippen LogP contribution in [0.4, 0.5) is 0 Å². The number of rotatable bonds is 16. The third-order valence-corrected chi connectivity index (χ3v) is 5.49. The van der Waals surface area contributed by atoms with Gasteiger partial charge in [-0.15, -0.1) is 0 Å². The Balaban J connectivity index is 5.22. The fourth-order valence-corrected chi connectivity index (χ4v) is 3.07. The Bertz CT molecular complexity index is 663. The van der Waals surface area contributed by atoms with E-state index in [-0.39, 0.29) is 25.2 Å². The molecule has 0 aromatic heterocycles. The summed E-state index contributed by atoms with van der Waals surface area (Å²) in [6.07, 6.45) is 2.00. The largest absolute Gasteiger partial charge is 0.481 e. The van der Waals surface area contributed by atoms with Crippen LogP contribution in [0, 0.1) is 5.92 Å². The molecular formula is C19H34N4O8S. The predicted octanol–water partition coefficient (Wildman–Crippen LogP) is -1.49. The number of nitrogens with two attached hydrogens (primary N) is 1. The van der Waals surface area contributed by atoms with Crippen LogP contribution in [-0.2, 0) is 24.0 Å². The van der Waals surface area contributed by atoms with Crippen LogP contribution in [0.25, 0.3) is 0 Å². The van der Waals surface area contributed by atoms with Gasteiger partial charge in [-0.25, -0.2) is 4.79 Å². The zero-order valence-corrected chi connectivity index (χ0v) is 19.3. The summed E-state index contributed by atoms with van der Waals surface area (Å²) >= 11 is 1.42. The normalized spacial score (nSPS) is 15.5. The van der Waals surface area contributed by atoms with E-state index in [1.807, 2.05) is 0 Å². The smallest absolute Gasteiger partial charge is 0.326 e. The third kappa shape index (κ3) is 10.8. The van der Waals surface area contributed by atoms with E-state index in [4.69, 9.17) is 10.8 Å². The zero-order chi connectivity index (χ0) is 24.8. The lowest BCUT2D eigenvalue weighted by Gasteiger charge is -2.26. The highest BCUT2D eigenvalue weighted by Crippen LogP contribution is 2.09. The fraction of sp³-hybridized carbons (Fsp3) is 0.737. The van der Waals surface area contributed by atoms with E-state index in [1.54, 1.807) is 20.1 Å². The molecule has 184 valence electrons. The van der Waals surface area contributed by atoms with Gasteiger partial charge in [0.05, 0.1) is 12.6 Å². The van der Waals surface area contributed by atoms with E-state index < -0.39 is 60.4 Å². The Labute approximate surface area is 191 Å². The minimum absolute atomic E-state index is 0.161. The summed E-state index contributed by atoms with van der Waals surface area (Å²) in [6, 6.07) is -4.85. The van der Waals surface area contributed by atoms with E-state index in [9.17, 15) is 34.2 Å². The highest BCUT2D eigenvalue weighted by molar-refractivity contribution is 7.98. The van der Waals surface area contributed by atoms with Crippen molar-refractivity contribution in [2.75, 3.05) is 18.6 Å². The summed E-state index contributed by atoms with van der Waals surface area (Å²) in [4.78, 5) is 59.4. The lowest BCUT2D eigenvalue weighted by molar-refractivity contribution is -0.144. The van der Waals surface area contributed by atoms with Crippen molar-refractivity contribution in [1.29, 1.82) is 0 Å². The molecule has 0 bridgehead atoms. The van der Waals surface area contributed by atoms with Crippen molar-refractivity contribution in [3.8, 4) is 0 Å². The number of carbonyl (C=O) groups excluding carboxylic acids is 3. The molecule has 0 heterocycles. The number of nitrogens with one attached hydrogen (secondary N) is 3. The summed E-state index contributed by atoms with van der Waals surface area (Å²) in [5.74, 6) is -4.57. The molecule has 12 nitrogen and oxygen atoms in total. The average molecular weight is 479 g/mol. The van der Waals surface area contributed by atoms with Crippen LogP contribution in [0.3, 0.4) is 0 Å². The van der Waals surface area contributed by atoms with Crippen molar-refractivity contribution in [2.24, 2.45) is 11.7 Å². The summed E-state index contributed by atoms with van der Waals surface area (Å²) in [6.45, 7) is 2.68. The van der Waals surface area contributed by atoms with Gasteiger partial charge in [-0.05, 0) is 30.8 Å². The summed E-state index contributed by atoms with van der Waals surface area (Å²) in [7, 11) is 0. The Morgan fingerprint density at radius 3 is 1.97 bits per heavy atom. The van der Waals surface area contributed by atoms with E-state index in [0.717, 1.165) is 0 Å². The number of aliphatic hydroxyl groups is 1. The van der Waals surface area contributed by atoms with Gasteiger partial charge in [0.1, 0.15) is 18.1 Å². The van der Waals surface area contributed by atoms with Crippen LogP contribution in [0.5, 0.6) is 0 Å². The maximum Gasteiger partial charge on any atom is 0.326 e. The van der Waals surface area contributed by atoms with Crippen LogP contribution in [0.2, 0.25) is 0 Å². The molecule has 0 aromatic rings. The van der Waals surface area contributed by atoms with Crippen molar-refractivity contribution in [2.45, 2.75) is 63.7 Å². The van der Waals surface area contributed by atoms with Gasteiger partial charge in [-0.1, -0.05) is 20.3 Å². The molecule has 13 heteroatoms. The average Bonchev–Trinajstić information content (AvgIpc) is 2.75. The molecule has 32 heavy (non-hydrogen) atoms. The molecule has 0 aliphatic heterocycles. The first-order chi connectivity index (χ1) is 15.0. The monoisotopic (exact) mass is 478 g/mol. The molecule has 3 amide bonds. The Morgan fingerprint density at radius 2 is 1.50 bits per heavy atom. The second-order valence-electron chi connectivity index (χ2n) is 7.34. The molecule has 0 aliphatic carbocycles. The number of carbonyl (C=O) groups is 5. The lowest BCUT2D eigenvalue weighted by Crippen LogP contribution is -2.58. The van der Waals surface area contributed by atoms with Gasteiger partial charge in [0.2, 0.25) is 17.7 Å². The van der Waals surface area contributed by atoms with Crippen LogP contribution in [-0.4, -0.2) is 87.8 Å². The van der Waals surface area contributed by atoms with Gasteiger partial charge in [-0.3, -0.25) is 19.2 Å². The van der Waals surface area contributed by atoms with E-state index >= 15 is 0 Å². The van der Waals surface area contributed by atoms with Crippen molar-refractivity contribution in [3.05, 3.63) is 0 Å². The third-order valence-electron chi connectivity index (χ3n) is 4.84. The first-order valence-electron chi connectivity index (χ1n) is 10.2. The minimum atomic E-state index is -1.42. The number of thioether (sulfide) groups is 1. The summed E-state index contributed by atoms with van der Waals surface area (Å²) in [5, 5.41) is 34.6. The second kappa shape index (κ2) is 15.4. The topological polar surface area (TPSA) is 208 Å². The molecule has 0 aromatic carbocycles. The van der Waals surface area contributed by atoms with E-state index in [2.05, 4.69) is 16.0 Å². The maximum absolute atomic E-state index is 12.7. The van der Waals surface area contributed by atoms with Gasteiger partial charge in [0, 0.05) is 6.42 Å². The first-order valence-corrected chi connectivity index (χ1v) is 11.6. The van der Waals surface area contributed by atoms with Crippen LogP contribution in [0.1, 0.15) is 39.5 Å². The van der Waals surface area contributed by atoms with Gasteiger partial charge in [0.25, 0.3) is 0 Å². The molecule has 0 radical (unpaired) electrons. The molecule has 8 N–H and O–H groups in total. The number of aliphatic carboxylic acids is 2. The van der Waals surface area contributed by atoms with Gasteiger partial charge >= 0.3 is 11.9 Å². The van der Waals surface area contributed by atoms with Crippen molar-refractivity contribution >= 4 is 41.4 Å². The van der Waals surface area contributed by atoms with Gasteiger partial charge in [-0.2, -0.15) is 11.8 Å². The number of hydrogen-bond donors (Lipinski definition) is 7.